The Labute approximate surface area is 102 Å². The maximum atomic E-state index is 9.72. The molecule has 0 fully saturated rings. The van der Waals surface area contributed by atoms with Crippen molar-refractivity contribution in [1.29, 1.82) is 0 Å². The van der Waals surface area contributed by atoms with Gasteiger partial charge in [0.2, 0.25) is 0 Å². The van der Waals surface area contributed by atoms with E-state index in [1.807, 2.05) is 12.1 Å². The summed E-state index contributed by atoms with van der Waals surface area (Å²) in [4.78, 5) is 0. The quantitative estimate of drug-likeness (QED) is 0.768. The second-order valence-corrected chi connectivity index (χ2v) is 4.11. The summed E-state index contributed by atoms with van der Waals surface area (Å²) in [5, 5.41) is 10.4. The molecule has 2 aromatic rings. The molecule has 0 saturated heterocycles. The normalized spacial score (nSPS) is 10.6. The summed E-state index contributed by atoms with van der Waals surface area (Å²) in [6.45, 7) is 0. The number of aromatic hydroxyl groups is 1. The van der Waals surface area contributed by atoms with Crippen molar-refractivity contribution in [2.75, 3.05) is 0 Å². The van der Waals surface area contributed by atoms with Crippen LogP contribution in [0, 0.1) is 0 Å². The Morgan fingerprint density at radius 3 is 2.20 bits per heavy atom. The highest BCUT2D eigenvalue weighted by atomic mass is 35.5. The minimum atomic E-state index is -0.00870. The number of benzene rings is 1. The molecule has 1 aromatic heterocycles. The summed E-state index contributed by atoms with van der Waals surface area (Å²) < 4.78 is 1.67. The molecule has 0 aliphatic rings. The molecule has 0 unspecified atom stereocenters. The zero-order valence-electron chi connectivity index (χ0n) is 7.42. The van der Waals surface area contributed by atoms with Gasteiger partial charge < -0.3 is 9.67 Å². The number of rotatable bonds is 1. The highest BCUT2D eigenvalue weighted by molar-refractivity contribution is 6.49. The molecule has 1 aromatic carbocycles. The van der Waals surface area contributed by atoms with Gasteiger partial charge >= 0.3 is 0 Å². The fourth-order valence-corrected chi connectivity index (χ4v) is 1.99. The molecule has 2 rings (SSSR count). The van der Waals surface area contributed by atoms with Crippen LogP contribution in [-0.2, 0) is 0 Å². The molecule has 0 bridgehead atoms. The van der Waals surface area contributed by atoms with Gasteiger partial charge in [0.05, 0.1) is 15.1 Å². The Bertz CT molecular complexity index is 494. The lowest BCUT2D eigenvalue weighted by atomic mass is 10.3. The van der Waals surface area contributed by atoms with E-state index in [1.54, 1.807) is 17.0 Å². The first-order valence-corrected chi connectivity index (χ1v) is 5.24. The van der Waals surface area contributed by atoms with Crippen LogP contribution in [0.2, 0.25) is 15.1 Å². The average molecular weight is 263 g/mol. The molecule has 0 aliphatic heterocycles. The molecular weight excluding hydrogens is 256 g/mol. The van der Waals surface area contributed by atoms with Crippen LogP contribution in [-0.4, -0.2) is 9.67 Å². The van der Waals surface area contributed by atoms with E-state index >= 15 is 0 Å². The van der Waals surface area contributed by atoms with Gasteiger partial charge in [0.15, 0.2) is 0 Å². The Morgan fingerprint density at radius 1 is 1.00 bits per heavy atom. The predicted molar refractivity (Wildman–Crippen MR) is 62.5 cm³/mol. The molecule has 1 N–H and O–H groups in total. The minimum Gasteiger partial charge on any atom is -0.506 e. The van der Waals surface area contributed by atoms with Crippen molar-refractivity contribution < 1.29 is 5.11 Å². The summed E-state index contributed by atoms with van der Waals surface area (Å²) in [6, 6.07) is 5.00. The average Bonchev–Trinajstić information content (AvgIpc) is 2.68. The number of halogens is 3. The number of nitrogens with zero attached hydrogens (tertiary/aromatic N) is 1. The Morgan fingerprint density at radius 2 is 1.60 bits per heavy atom. The number of phenolic OH excluding ortho intramolecular Hbond substituents is 1. The monoisotopic (exact) mass is 261 g/mol. The van der Waals surface area contributed by atoms with Crippen molar-refractivity contribution in [2.45, 2.75) is 0 Å². The molecule has 0 aliphatic carbocycles. The maximum absolute atomic E-state index is 9.72. The van der Waals surface area contributed by atoms with Gasteiger partial charge in [0.25, 0.3) is 0 Å². The van der Waals surface area contributed by atoms with E-state index in [0.29, 0.717) is 5.69 Å². The fraction of sp³-hybridized carbons (Fsp3) is 0. The second kappa shape index (κ2) is 3.97. The van der Waals surface area contributed by atoms with Gasteiger partial charge in [-0.3, -0.25) is 0 Å². The largest absolute Gasteiger partial charge is 0.506 e. The Hall–Kier alpha value is -0.830. The van der Waals surface area contributed by atoms with Crippen molar-refractivity contribution in [3.05, 3.63) is 45.7 Å². The topological polar surface area (TPSA) is 25.2 Å². The lowest BCUT2D eigenvalue weighted by Gasteiger charge is -2.10. The molecule has 78 valence electrons. The van der Waals surface area contributed by atoms with Crippen molar-refractivity contribution in [1.82, 2.24) is 4.57 Å². The van der Waals surface area contributed by atoms with Crippen LogP contribution in [0.15, 0.2) is 30.6 Å². The van der Waals surface area contributed by atoms with E-state index in [4.69, 9.17) is 34.8 Å². The van der Waals surface area contributed by atoms with E-state index in [1.165, 1.54) is 6.07 Å². The van der Waals surface area contributed by atoms with Crippen molar-refractivity contribution in [3.8, 4) is 11.4 Å². The minimum absolute atomic E-state index is 0.00870. The number of aromatic nitrogens is 1. The highest BCUT2D eigenvalue weighted by Gasteiger charge is 2.15. The van der Waals surface area contributed by atoms with Gasteiger partial charge in [-0.25, -0.2) is 0 Å². The van der Waals surface area contributed by atoms with Gasteiger partial charge in [-0.05, 0) is 12.1 Å². The lowest BCUT2D eigenvalue weighted by molar-refractivity contribution is 0.472. The van der Waals surface area contributed by atoms with Gasteiger partial charge in [-0.1, -0.05) is 34.8 Å². The van der Waals surface area contributed by atoms with E-state index in [2.05, 4.69) is 0 Å². The predicted octanol–water partition coefficient (Wildman–Crippen LogP) is 4.14. The molecule has 0 atom stereocenters. The van der Waals surface area contributed by atoms with E-state index in [0.717, 1.165) is 0 Å². The van der Waals surface area contributed by atoms with Crippen LogP contribution < -0.4 is 0 Å². The van der Waals surface area contributed by atoms with E-state index in [-0.39, 0.29) is 20.8 Å². The van der Waals surface area contributed by atoms with Gasteiger partial charge in [-0.15, -0.1) is 0 Å². The molecular formula is C10H6Cl3NO. The molecule has 15 heavy (non-hydrogen) atoms. The highest BCUT2D eigenvalue weighted by Crippen LogP contribution is 2.40. The van der Waals surface area contributed by atoms with E-state index < -0.39 is 0 Å². The Kier molecular flexibility index (Phi) is 2.83. The second-order valence-electron chi connectivity index (χ2n) is 2.94. The van der Waals surface area contributed by atoms with Crippen molar-refractivity contribution in [2.24, 2.45) is 0 Å². The number of hydrogen-bond donors (Lipinski definition) is 1. The number of hydrogen-bond acceptors (Lipinski definition) is 1. The molecule has 0 radical (unpaired) electrons. The number of phenols is 1. The third-order valence-corrected chi connectivity index (χ3v) is 3.23. The third-order valence-electron chi connectivity index (χ3n) is 1.98. The molecule has 0 amide bonds. The van der Waals surface area contributed by atoms with Gasteiger partial charge in [0, 0.05) is 18.5 Å². The zero-order valence-corrected chi connectivity index (χ0v) is 9.68. The van der Waals surface area contributed by atoms with Crippen LogP contribution in [0.3, 0.4) is 0 Å². The molecule has 0 saturated carbocycles. The van der Waals surface area contributed by atoms with Crippen LogP contribution >= 0.6 is 34.8 Å². The van der Waals surface area contributed by atoms with Gasteiger partial charge in [0.1, 0.15) is 11.4 Å². The maximum Gasteiger partial charge on any atom is 0.142 e. The van der Waals surface area contributed by atoms with Crippen LogP contribution in [0.4, 0.5) is 0 Å². The third kappa shape index (κ3) is 1.81. The van der Waals surface area contributed by atoms with E-state index in [9.17, 15) is 5.11 Å². The first kappa shape index (κ1) is 10.7. The first-order chi connectivity index (χ1) is 7.11. The van der Waals surface area contributed by atoms with Crippen LogP contribution in [0.25, 0.3) is 5.69 Å². The molecule has 2 nitrogen and oxygen atoms in total. The smallest absolute Gasteiger partial charge is 0.142 e. The first-order valence-electron chi connectivity index (χ1n) is 4.11. The SMILES string of the molecule is Oc1cc(Cl)c(Cl)c(Cl)c1-n1cccc1. The van der Waals surface area contributed by atoms with Crippen molar-refractivity contribution in [3.63, 3.8) is 0 Å². The summed E-state index contributed by atoms with van der Waals surface area (Å²) in [6.07, 6.45) is 3.51. The fourth-order valence-electron chi connectivity index (χ4n) is 1.30. The zero-order chi connectivity index (χ0) is 11.0. The summed E-state index contributed by atoms with van der Waals surface area (Å²) in [5.41, 5.74) is 0.427. The lowest BCUT2D eigenvalue weighted by Crippen LogP contribution is -1.92. The van der Waals surface area contributed by atoms with Crippen LogP contribution in [0.5, 0.6) is 5.75 Å². The van der Waals surface area contributed by atoms with Gasteiger partial charge in [-0.2, -0.15) is 0 Å². The molecule has 5 heteroatoms. The summed E-state index contributed by atoms with van der Waals surface area (Å²) >= 11 is 17.6. The summed E-state index contributed by atoms with van der Waals surface area (Å²) in [7, 11) is 0. The Balaban J connectivity index is 2.72. The van der Waals surface area contributed by atoms with Crippen LogP contribution in [0.1, 0.15) is 0 Å². The summed E-state index contributed by atoms with van der Waals surface area (Å²) in [5.74, 6) is -0.00870. The van der Waals surface area contributed by atoms with Crippen molar-refractivity contribution >= 4 is 34.8 Å². The molecule has 0 spiro atoms. The standard InChI is InChI=1S/C10H6Cl3NO/c11-6-5-7(15)10(9(13)8(6)12)14-3-1-2-4-14/h1-5,15H. The molecule has 1 heterocycles.